The summed E-state index contributed by atoms with van der Waals surface area (Å²) in [6.45, 7) is 0. The van der Waals surface area contributed by atoms with Crippen LogP contribution in [0, 0.1) is 0 Å². The molecule has 1 fully saturated rings. The van der Waals surface area contributed by atoms with E-state index in [9.17, 15) is 5.26 Å². The van der Waals surface area contributed by atoms with E-state index in [2.05, 4.69) is 12.1 Å². The molecule has 0 amide bonds. The smallest absolute Gasteiger partial charge is 0.128 e. The molecular formula is C18H28O2. The zero-order valence-electron chi connectivity index (χ0n) is 12.5. The van der Waals surface area contributed by atoms with E-state index in [1.54, 1.807) is 0 Å². The van der Waals surface area contributed by atoms with Gasteiger partial charge in [0.1, 0.15) is 5.60 Å². The van der Waals surface area contributed by atoms with E-state index in [1.165, 1.54) is 44.9 Å². The monoisotopic (exact) mass is 276 g/mol. The minimum absolute atomic E-state index is 0.486. The van der Waals surface area contributed by atoms with Crippen molar-refractivity contribution in [2.75, 3.05) is 0 Å². The third-order valence-corrected chi connectivity index (χ3v) is 4.64. The summed E-state index contributed by atoms with van der Waals surface area (Å²) in [5.74, 6) is 0. The Morgan fingerprint density at radius 2 is 1.15 bits per heavy atom. The van der Waals surface area contributed by atoms with Crippen molar-refractivity contribution in [1.82, 2.24) is 0 Å². The quantitative estimate of drug-likeness (QED) is 0.556. The molecule has 1 saturated carbocycles. The lowest BCUT2D eigenvalue weighted by molar-refractivity contribution is -0.334. The molecule has 0 unspecified atom stereocenters. The normalized spacial score (nSPS) is 21.6. The summed E-state index contributed by atoms with van der Waals surface area (Å²) < 4.78 is 0. The van der Waals surface area contributed by atoms with E-state index >= 15 is 0 Å². The largest absolute Gasteiger partial charge is 0.251 e. The third kappa shape index (κ3) is 4.32. The van der Waals surface area contributed by atoms with Crippen LogP contribution in [0.4, 0.5) is 0 Å². The van der Waals surface area contributed by atoms with Crippen LogP contribution in [-0.2, 0) is 10.5 Å². The number of hydrogen-bond donors (Lipinski definition) is 1. The van der Waals surface area contributed by atoms with Gasteiger partial charge in [-0.1, -0.05) is 88.1 Å². The molecule has 1 aromatic rings. The van der Waals surface area contributed by atoms with Crippen molar-refractivity contribution < 1.29 is 10.1 Å². The first-order valence-electron chi connectivity index (χ1n) is 8.25. The average molecular weight is 276 g/mol. The maximum atomic E-state index is 9.60. The molecule has 112 valence electrons. The predicted molar refractivity (Wildman–Crippen MR) is 82.6 cm³/mol. The van der Waals surface area contributed by atoms with Gasteiger partial charge in [0.05, 0.1) is 0 Å². The molecule has 2 nitrogen and oxygen atoms in total. The second kappa shape index (κ2) is 8.43. The minimum Gasteiger partial charge on any atom is -0.251 e. The highest BCUT2D eigenvalue weighted by atomic mass is 17.1. The Morgan fingerprint density at radius 1 is 0.700 bits per heavy atom. The Balaban J connectivity index is 2.08. The SMILES string of the molecule is OOC1(c2ccccc2)CCCCCCCCCCC1. The van der Waals surface area contributed by atoms with Crippen LogP contribution in [0.3, 0.4) is 0 Å². The lowest BCUT2D eigenvalue weighted by Crippen LogP contribution is -2.29. The van der Waals surface area contributed by atoms with Crippen molar-refractivity contribution in [3.8, 4) is 0 Å². The average Bonchev–Trinajstić information content (AvgIpc) is 2.49. The van der Waals surface area contributed by atoms with Gasteiger partial charge in [-0.2, -0.15) is 0 Å². The molecule has 0 radical (unpaired) electrons. The molecule has 1 aliphatic rings. The van der Waals surface area contributed by atoms with E-state index in [0.717, 1.165) is 31.2 Å². The summed E-state index contributed by atoms with van der Waals surface area (Å²) >= 11 is 0. The van der Waals surface area contributed by atoms with Gasteiger partial charge in [-0.05, 0) is 18.4 Å². The van der Waals surface area contributed by atoms with Gasteiger partial charge in [-0.25, -0.2) is 4.89 Å². The van der Waals surface area contributed by atoms with Gasteiger partial charge >= 0.3 is 0 Å². The Labute approximate surface area is 123 Å². The van der Waals surface area contributed by atoms with Crippen LogP contribution in [0.2, 0.25) is 0 Å². The summed E-state index contributed by atoms with van der Waals surface area (Å²) in [6, 6.07) is 10.3. The minimum atomic E-state index is -0.486. The molecule has 0 heterocycles. The second-order valence-electron chi connectivity index (χ2n) is 6.13. The zero-order valence-corrected chi connectivity index (χ0v) is 12.5. The first-order chi connectivity index (χ1) is 9.87. The second-order valence-corrected chi connectivity index (χ2v) is 6.13. The highest BCUT2D eigenvalue weighted by Gasteiger charge is 2.32. The molecule has 0 atom stereocenters. The van der Waals surface area contributed by atoms with Crippen molar-refractivity contribution in [3.63, 3.8) is 0 Å². The van der Waals surface area contributed by atoms with Gasteiger partial charge in [-0.3, -0.25) is 5.26 Å². The number of hydrogen-bond acceptors (Lipinski definition) is 2. The van der Waals surface area contributed by atoms with Gasteiger partial charge in [-0.15, -0.1) is 0 Å². The van der Waals surface area contributed by atoms with Crippen molar-refractivity contribution in [3.05, 3.63) is 35.9 Å². The maximum Gasteiger partial charge on any atom is 0.128 e. The van der Waals surface area contributed by atoms with Gasteiger partial charge in [0.15, 0.2) is 0 Å². The fourth-order valence-electron chi connectivity index (χ4n) is 3.36. The fourth-order valence-corrected chi connectivity index (χ4v) is 3.36. The number of benzene rings is 1. The van der Waals surface area contributed by atoms with Crippen LogP contribution < -0.4 is 0 Å². The highest BCUT2D eigenvalue weighted by molar-refractivity contribution is 5.22. The molecule has 2 rings (SSSR count). The Hall–Kier alpha value is -0.860. The van der Waals surface area contributed by atoms with Crippen LogP contribution >= 0.6 is 0 Å². The van der Waals surface area contributed by atoms with Crippen molar-refractivity contribution >= 4 is 0 Å². The fraction of sp³-hybridized carbons (Fsp3) is 0.667. The molecule has 0 saturated heterocycles. The molecule has 0 aliphatic heterocycles. The molecule has 0 spiro atoms. The summed E-state index contributed by atoms with van der Waals surface area (Å²) in [5, 5.41) is 9.60. The van der Waals surface area contributed by atoms with Gasteiger partial charge < -0.3 is 0 Å². The van der Waals surface area contributed by atoms with Gasteiger partial charge in [0, 0.05) is 0 Å². The molecule has 20 heavy (non-hydrogen) atoms. The molecule has 1 N–H and O–H groups in total. The van der Waals surface area contributed by atoms with Gasteiger partial charge in [0.2, 0.25) is 0 Å². The molecule has 0 aromatic heterocycles. The lowest BCUT2D eigenvalue weighted by Gasteiger charge is -2.31. The van der Waals surface area contributed by atoms with E-state index in [-0.39, 0.29) is 0 Å². The molecule has 1 aliphatic carbocycles. The number of rotatable bonds is 2. The van der Waals surface area contributed by atoms with E-state index in [0.29, 0.717) is 0 Å². The topological polar surface area (TPSA) is 29.5 Å². The summed E-state index contributed by atoms with van der Waals surface area (Å²) in [4.78, 5) is 5.07. The zero-order chi connectivity index (χ0) is 14.1. The standard InChI is InChI=1S/C18H28O2/c19-20-18(17-13-9-8-10-14-17)15-11-6-4-2-1-3-5-7-12-16-18/h8-10,13-14,19H,1-7,11-12,15-16H2. The maximum absolute atomic E-state index is 9.60. The van der Waals surface area contributed by atoms with Crippen LogP contribution in [0.25, 0.3) is 0 Å². The van der Waals surface area contributed by atoms with Crippen LogP contribution in [-0.4, -0.2) is 5.26 Å². The first kappa shape index (κ1) is 15.5. The van der Waals surface area contributed by atoms with Crippen LogP contribution in [0.1, 0.15) is 76.2 Å². The van der Waals surface area contributed by atoms with Gasteiger partial charge in [0.25, 0.3) is 0 Å². The van der Waals surface area contributed by atoms with E-state index < -0.39 is 5.60 Å². The molecule has 0 bridgehead atoms. The Kier molecular flexibility index (Phi) is 6.55. The van der Waals surface area contributed by atoms with Crippen LogP contribution in [0.5, 0.6) is 0 Å². The Morgan fingerprint density at radius 3 is 1.60 bits per heavy atom. The van der Waals surface area contributed by atoms with E-state index in [4.69, 9.17) is 4.89 Å². The highest BCUT2D eigenvalue weighted by Crippen LogP contribution is 2.36. The van der Waals surface area contributed by atoms with E-state index in [1.807, 2.05) is 18.2 Å². The van der Waals surface area contributed by atoms with Crippen molar-refractivity contribution in [2.24, 2.45) is 0 Å². The first-order valence-corrected chi connectivity index (χ1v) is 8.25. The van der Waals surface area contributed by atoms with Crippen molar-refractivity contribution in [2.45, 2.75) is 76.2 Å². The molecular weight excluding hydrogens is 248 g/mol. The lowest BCUT2D eigenvalue weighted by atomic mass is 9.83. The summed E-state index contributed by atoms with van der Waals surface area (Å²) in [6.07, 6.45) is 13.4. The van der Waals surface area contributed by atoms with Crippen LogP contribution in [0.15, 0.2) is 30.3 Å². The molecule has 2 heteroatoms. The van der Waals surface area contributed by atoms with Crippen molar-refractivity contribution in [1.29, 1.82) is 0 Å². The third-order valence-electron chi connectivity index (χ3n) is 4.64. The summed E-state index contributed by atoms with van der Waals surface area (Å²) in [5.41, 5.74) is 0.639. The predicted octanol–water partition coefficient (Wildman–Crippen LogP) is 5.68. The molecule has 1 aromatic carbocycles. The summed E-state index contributed by atoms with van der Waals surface area (Å²) in [7, 11) is 0. The Bertz CT molecular complexity index is 349.